The van der Waals surface area contributed by atoms with Crippen LogP contribution in [0.1, 0.15) is 28.2 Å². The number of nitrogens with one attached hydrogen (secondary N) is 1. The van der Waals surface area contributed by atoms with Crippen molar-refractivity contribution in [2.24, 2.45) is 0 Å². The van der Waals surface area contributed by atoms with Crippen LogP contribution >= 0.6 is 22.9 Å². The lowest BCUT2D eigenvalue weighted by molar-refractivity contribution is 0.0953. The van der Waals surface area contributed by atoms with Crippen molar-refractivity contribution >= 4 is 28.8 Å². The van der Waals surface area contributed by atoms with Gasteiger partial charge in [0.2, 0.25) is 0 Å². The molecule has 0 radical (unpaired) electrons. The number of thiazole rings is 1. The molecule has 4 nitrogen and oxygen atoms in total. The van der Waals surface area contributed by atoms with E-state index < -0.39 is 0 Å². The van der Waals surface area contributed by atoms with Crippen molar-refractivity contribution in [3.8, 4) is 10.6 Å². The van der Waals surface area contributed by atoms with Crippen LogP contribution in [0.2, 0.25) is 5.02 Å². The van der Waals surface area contributed by atoms with E-state index in [0.717, 1.165) is 35.9 Å². The maximum Gasteiger partial charge on any atom is 0.263 e. The summed E-state index contributed by atoms with van der Waals surface area (Å²) in [5.74, 6) is -0.0440. The smallest absolute Gasteiger partial charge is 0.263 e. The van der Waals surface area contributed by atoms with E-state index in [0.29, 0.717) is 16.4 Å². The molecule has 1 aliphatic rings. The predicted molar refractivity (Wildman–Crippen MR) is 95.3 cm³/mol. The van der Waals surface area contributed by atoms with E-state index in [4.69, 9.17) is 11.6 Å². The lowest BCUT2D eigenvalue weighted by atomic mass is 10.2. The molecule has 1 aliphatic heterocycles. The fourth-order valence-electron chi connectivity index (χ4n) is 2.77. The van der Waals surface area contributed by atoms with E-state index in [2.05, 4.69) is 15.2 Å². The molecule has 1 saturated heterocycles. The molecule has 1 fully saturated rings. The first-order valence-corrected chi connectivity index (χ1v) is 9.07. The van der Waals surface area contributed by atoms with Gasteiger partial charge >= 0.3 is 0 Å². The van der Waals surface area contributed by atoms with Gasteiger partial charge < -0.3 is 10.2 Å². The number of halogens is 1. The van der Waals surface area contributed by atoms with E-state index in [1.165, 1.54) is 24.2 Å². The molecule has 23 heavy (non-hydrogen) atoms. The van der Waals surface area contributed by atoms with Crippen molar-refractivity contribution in [1.82, 2.24) is 15.2 Å². The lowest BCUT2D eigenvalue weighted by Gasteiger charge is -2.14. The first-order valence-electron chi connectivity index (χ1n) is 7.88. The van der Waals surface area contributed by atoms with Gasteiger partial charge in [0.05, 0.1) is 10.7 Å². The third kappa shape index (κ3) is 3.91. The Bertz CT molecular complexity index is 695. The van der Waals surface area contributed by atoms with Crippen molar-refractivity contribution in [2.45, 2.75) is 19.8 Å². The van der Waals surface area contributed by atoms with Crippen LogP contribution in [0.25, 0.3) is 10.6 Å². The van der Waals surface area contributed by atoms with Gasteiger partial charge in [-0.15, -0.1) is 11.3 Å². The Labute approximate surface area is 145 Å². The molecule has 0 aliphatic carbocycles. The molecular formula is C17H20ClN3OS. The molecule has 2 aromatic rings. The van der Waals surface area contributed by atoms with Gasteiger partial charge in [-0.25, -0.2) is 4.98 Å². The summed E-state index contributed by atoms with van der Waals surface area (Å²) >= 11 is 7.61. The summed E-state index contributed by atoms with van der Waals surface area (Å²) < 4.78 is 0. The summed E-state index contributed by atoms with van der Waals surface area (Å²) in [5.41, 5.74) is 1.63. The number of aromatic nitrogens is 1. The van der Waals surface area contributed by atoms with E-state index in [1.807, 2.05) is 31.2 Å². The number of benzene rings is 1. The largest absolute Gasteiger partial charge is 0.350 e. The number of carbonyl (C=O) groups is 1. The zero-order valence-electron chi connectivity index (χ0n) is 13.1. The maximum absolute atomic E-state index is 12.4. The molecule has 122 valence electrons. The summed E-state index contributed by atoms with van der Waals surface area (Å²) in [6.45, 7) is 5.75. The molecule has 3 rings (SSSR count). The van der Waals surface area contributed by atoms with E-state index >= 15 is 0 Å². The quantitative estimate of drug-likeness (QED) is 0.897. The Balaban J connectivity index is 1.65. The van der Waals surface area contributed by atoms with Crippen molar-refractivity contribution < 1.29 is 4.79 Å². The number of carbonyl (C=O) groups excluding carboxylic acids is 1. The van der Waals surface area contributed by atoms with Gasteiger partial charge in [-0.3, -0.25) is 4.79 Å². The van der Waals surface area contributed by atoms with Gasteiger partial charge in [-0.2, -0.15) is 0 Å². The fraction of sp³-hybridized carbons (Fsp3) is 0.412. The van der Waals surface area contributed by atoms with Gasteiger partial charge in [0, 0.05) is 18.7 Å². The molecule has 1 N–H and O–H groups in total. The molecular weight excluding hydrogens is 330 g/mol. The van der Waals surface area contributed by atoms with Crippen LogP contribution in [0.3, 0.4) is 0 Å². The number of nitrogens with zero attached hydrogens (tertiary/aromatic N) is 2. The maximum atomic E-state index is 12.4. The van der Waals surface area contributed by atoms with Crippen LogP contribution in [0, 0.1) is 6.92 Å². The Kier molecular flexibility index (Phi) is 5.30. The van der Waals surface area contributed by atoms with E-state index in [1.54, 1.807) is 0 Å². The second-order valence-electron chi connectivity index (χ2n) is 5.72. The highest BCUT2D eigenvalue weighted by atomic mass is 35.5. The Morgan fingerprint density at radius 3 is 2.83 bits per heavy atom. The summed E-state index contributed by atoms with van der Waals surface area (Å²) in [6, 6.07) is 7.57. The SMILES string of the molecule is Cc1nc(-c2ccccc2Cl)sc1C(=O)NCCN1CCCC1. The van der Waals surface area contributed by atoms with Crippen molar-refractivity contribution in [2.75, 3.05) is 26.2 Å². The lowest BCUT2D eigenvalue weighted by Crippen LogP contribution is -2.33. The third-order valence-electron chi connectivity index (χ3n) is 4.02. The minimum Gasteiger partial charge on any atom is -0.350 e. The highest BCUT2D eigenvalue weighted by Gasteiger charge is 2.18. The van der Waals surface area contributed by atoms with Gasteiger partial charge in [-0.05, 0) is 38.9 Å². The first kappa shape index (κ1) is 16.4. The van der Waals surface area contributed by atoms with Crippen molar-refractivity contribution in [3.63, 3.8) is 0 Å². The minimum atomic E-state index is -0.0440. The number of likely N-dealkylation sites (tertiary alicyclic amines) is 1. The monoisotopic (exact) mass is 349 g/mol. The zero-order valence-corrected chi connectivity index (χ0v) is 14.7. The van der Waals surface area contributed by atoms with Crippen molar-refractivity contribution in [1.29, 1.82) is 0 Å². The molecule has 6 heteroatoms. The van der Waals surface area contributed by atoms with Crippen LogP contribution in [0.5, 0.6) is 0 Å². The van der Waals surface area contributed by atoms with E-state index in [9.17, 15) is 4.79 Å². The average Bonchev–Trinajstić information content (AvgIpc) is 3.17. The molecule has 1 aromatic carbocycles. The van der Waals surface area contributed by atoms with Gasteiger partial charge in [0.15, 0.2) is 0 Å². The van der Waals surface area contributed by atoms with Crippen LogP contribution < -0.4 is 5.32 Å². The summed E-state index contributed by atoms with van der Waals surface area (Å²) in [7, 11) is 0. The first-order chi connectivity index (χ1) is 11.1. The highest BCUT2D eigenvalue weighted by Crippen LogP contribution is 2.32. The molecule has 1 amide bonds. The molecule has 2 heterocycles. The zero-order chi connectivity index (χ0) is 16.2. The van der Waals surface area contributed by atoms with Crippen LogP contribution in [-0.4, -0.2) is 42.0 Å². The predicted octanol–water partition coefficient (Wildman–Crippen LogP) is 3.60. The number of rotatable bonds is 5. The third-order valence-corrected chi connectivity index (χ3v) is 5.54. The summed E-state index contributed by atoms with van der Waals surface area (Å²) in [6.07, 6.45) is 2.53. The van der Waals surface area contributed by atoms with Crippen LogP contribution in [-0.2, 0) is 0 Å². The van der Waals surface area contributed by atoms with Crippen LogP contribution in [0.15, 0.2) is 24.3 Å². The normalized spacial score (nSPS) is 15.0. The average molecular weight is 350 g/mol. The molecule has 0 unspecified atom stereocenters. The Morgan fingerprint density at radius 2 is 2.09 bits per heavy atom. The fourth-order valence-corrected chi connectivity index (χ4v) is 4.07. The standard InChI is InChI=1S/C17H20ClN3OS/c1-12-15(16(22)19-8-11-21-9-4-5-10-21)23-17(20-12)13-6-2-3-7-14(13)18/h2-3,6-7H,4-5,8-11H2,1H3,(H,19,22). The Morgan fingerprint density at radius 1 is 1.35 bits per heavy atom. The van der Waals surface area contributed by atoms with Crippen LogP contribution in [0.4, 0.5) is 0 Å². The topological polar surface area (TPSA) is 45.2 Å². The number of aryl methyl sites for hydroxylation is 1. The molecule has 0 atom stereocenters. The molecule has 0 saturated carbocycles. The number of hydrogen-bond acceptors (Lipinski definition) is 4. The molecule has 0 bridgehead atoms. The van der Waals surface area contributed by atoms with E-state index in [-0.39, 0.29) is 5.91 Å². The van der Waals surface area contributed by atoms with Gasteiger partial charge in [0.1, 0.15) is 9.88 Å². The summed E-state index contributed by atoms with van der Waals surface area (Å²) in [5, 5.41) is 4.45. The minimum absolute atomic E-state index is 0.0440. The Hall–Kier alpha value is -1.43. The van der Waals surface area contributed by atoms with Crippen molar-refractivity contribution in [3.05, 3.63) is 39.9 Å². The second kappa shape index (κ2) is 7.43. The number of hydrogen-bond donors (Lipinski definition) is 1. The van der Waals surface area contributed by atoms with Gasteiger partial charge in [0.25, 0.3) is 5.91 Å². The highest BCUT2D eigenvalue weighted by molar-refractivity contribution is 7.17. The number of amides is 1. The van der Waals surface area contributed by atoms with Gasteiger partial charge in [-0.1, -0.05) is 29.8 Å². The summed E-state index contributed by atoms with van der Waals surface area (Å²) in [4.78, 5) is 19.9. The second-order valence-corrected chi connectivity index (χ2v) is 7.12. The molecule has 1 aromatic heterocycles. The molecule has 0 spiro atoms.